The highest BCUT2D eigenvalue weighted by Crippen LogP contribution is 2.24. The molecular weight excluding hydrogens is 388 g/mol. The van der Waals surface area contributed by atoms with Crippen molar-refractivity contribution in [2.45, 2.75) is 46.2 Å². The maximum Gasteiger partial charge on any atom is 0.250 e. The molecule has 0 bridgehead atoms. The molecule has 2 aromatic heterocycles. The molecule has 1 saturated carbocycles. The Bertz CT molecular complexity index is 776. The summed E-state index contributed by atoms with van der Waals surface area (Å²) in [4.78, 5) is 0. The van der Waals surface area contributed by atoms with Crippen molar-refractivity contribution in [3.63, 3.8) is 0 Å². The number of hydrogen-bond acceptors (Lipinski definition) is 6. The molecule has 2 aromatic rings. The van der Waals surface area contributed by atoms with Crippen molar-refractivity contribution in [2.24, 2.45) is 0 Å². The van der Waals surface area contributed by atoms with Crippen LogP contribution < -0.4 is 9.44 Å². The Morgan fingerprint density at radius 2 is 1.12 bits per heavy atom. The highest BCUT2D eigenvalue weighted by molar-refractivity contribution is 7.91. The number of rotatable bonds is 6. The molecule has 0 radical (unpaired) electrons. The van der Waals surface area contributed by atoms with Gasteiger partial charge in [-0.15, -0.1) is 22.7 Å². The van der Waals surface area contributed by atoms with Crippen LogP contribution in [0.15, 0.2) is 43.4 Å². The summed E-state index contributed by atoms with van der Waals surface area (Å²) < 4.78 is 54.9. The molecule has 1 fully saturated rings. The van der Waals surface area contributed by atoms with Crippen LogP contribution in [0.3, 0.4) is 0 Å². The van der Waals surface area contributed by atoms with Crippen molar-refractivity contribution >= 4 is 42.7 Å². The summed E-state index contributed by atoms with van der Waals surface area (Å²) in [6.45, 7) is 0. The molecule has 24 heavy (non-hydrogen) atoms. The van der Waals surface area contributed by atoms with Crippen molar-refractivity contribution < 1.29 is 16.8 Å². The molecule has 0 amide bonds. The Kier molecular flexibility index (Phi) is 5.42. The highest BCUT2D eigenvalue weighted by Gasteiger charge is 2.29. The summed E-state index contributed by atoms with van der Waals surface area (Å²) in [6, 6.07) is 6.26. The molecule has 0 aromatic carbocycles. The minimum absolute atomic E-state index is 0.153. The normalized spacial score (nSPS) is 22.5. The van der Waals surface area contributed by atoms with E-state index in [1.165, 1.54) is 22.7 Å². The lowest BCUT2D eigenvalue weighted by atomic mass is 9.92. The van der Waals surface area contributed by atoms with Crippen LogP contribution in [0.4, 0.5) is 0 Å². The monoisotopic (exact) mass is 406 g/mol. The Morgan fingerprint density at radius 1 is 0.750 bits per heavy atom. The van der Waals surface area contributed by atoms with Gasteiger partial charge in [-0.3, -0.25) is 0 Å². The number of thiophene rings is 2. The molecule has 6 nitrogen and oxygen atoms in total. The van der Waals surface area contributed by atoms with Gasteiger partial charge in [0.1, 0.15) is 8.42 Å². The van der Waals surface area contributed by atoms with E-state index in [4.69, 9.17) is 0 Å². The first-order chi connectivity index (χ1) is 11.4. The standard InChI is InChI=1S/C14H18N2O4S4/c17-23(18,13-3-1-9-21-13)15-11-5-7-12(8-6-11)16-24(19,20)14-4-2-10-22-14/h1-4,9-12,15-16H,5-8H2. The van der Waals surface area contributed by atoms with Crippen LogP contribution in [0.2, 0.25) is 0 Å². The Morgan fingerprint density at radius 3 is 1.42 bits per heavy atom. The van der Waals surface area contributed by atoms with Gasteiger partial charge in [0, 0.05) is 12.1 Å². The summed E-state index contributed by atoms with van der Waals surface area (Å²) in [5.74, 6) is 0. The van der Waals surface area contributed by atoms with Gasteiger partial charge in [0.05, 0.1) is 0 Å². The van der Waals surface area contributed by atoms with E-state index in [1.54, 1.807) is 35.0 Å². The molecule has 0 spiro atoms. The second-order valence-electron chi connectivity index (χ2n) is 5.66. The topological polar surface area (TPSA) is 92.3 Å². The lowest BCUT2D eigenvalue weighted by Crippen LogP contribution is -2.43. The van der Waals surface area contributed by atoms with Gasteiger partial charge in [0.25, 0.3) is 0 Å². The Labute approximate surface area is 150 Å². The largest absolute Gasteiger partial charge is 0.250 e. The molecule has 1 aliphatic carbocycles. The molecule has 2 N–H and O–H groups in total. The van der Waals surface area contributed by atoms with Crippen LogP contribution in [0.5, 0.6) is 0 Å². The molecule has 0 saturated heterocycles. The maximum atomic E-state index is 12.2. The fraction of sp³-hybridized carbons (Fsp3) is 0.429. The zero-order valence-corrected chi connectivity index (χ0v) is 16.0. The van der Waals surface area contributed by atoms with Crippen LogP contribution in [-0.2, 0) is 20.0 Å². The predicted octanol–water partition coefficient (Wildman–Crippen LogP) is 2.38. The van der Waals surface area contributed by atoms with E-state index in [0.717, 1.165) is 0 Å². The molecule has 2 heterocycles. The van der Waals surface area contributed by atoms with Crippen molar-refractivity contribution in [1.82, 2.24) is 9.44 Å². The molecule has 10 heteroatoms. The van der Waals surface area contributed by atoms with Gasteiger partial charge in [0.15, 0.2) is 0 Å². The Balaban J connectivity index is 1.55. The zero-order valence-electron chi connectivity index (χ0n) is 12.7. The van der Waals surface area contributed by atoms with Crippen molar-refractivity contribution in [2.75, 3.05) is 0 Å². The Hall–Kier alpha value is -0.780. The average Bonchev–Trinajstić information content (AvgIpc) is 3.23. The zero-order chi connectivity index (χ0) is 17.2. The molecule has 0 atom stereocenters. The van der Waals surface area contributed by atoms with Crippen LogP contribution >= 0.6 is 22.7 Å². The highest BCUT2D eigenvalue weighted by atomic mass is 32.3. The third-order valence-corrected chi connectivity index (χ3v) is 9.73. The smallest absolute Gasteiger partial charge is 0.207 e. The summed E-state index contributed by atoms with van der Waals surface area (Å²) in [5, 5.41) is 3.45. The summed E-state index contributed by atoms with van der Waals surface area (Å²) in [6.07, 6.45) is 2.45. The van der Waals surface area contributed by atoms with Gasteiger partial charge in [-0.25, -0.2) is 26.3 Å². The first kappa shape index (κ1) is 18.0. The van der Waals surface area contributed by atoms with E-state index >= 15 is 0 Å². The SMILES string of the molecule is O=S(=O)(NC1CCC(NS(=O)(=O)c2cccs2)CC1)c1cccs1. The predicted molar refractivity (Wildman–Crippen MR) is 95.3 cm³/mol. The van der Waals surface area contributed by atoms with E-state index in [-0.39, 0.29) is 12.1 Å². The van der Waals surface area contributed by atoms with Gasteiger partial charge in [-0.05, 0) is 48.6 Å². The molecule has 3 rings (SSSR count). The van der Waals surface area contributed by atoms with E-state index in [9.17, 15) is 16.8 Å². The van der Waals surface area contributed by atoms with E-state index in [1.807, 2.05) is 0 Å². The third-order valence-electron chi connectivity index (χ3n) is 3.89. The van der Waals surface area contributed by atoms with Crippen LogP contribution in [0.25, 0.3) is 0 Å². The van der Waals surface area contributed by atoms with E-state index in [0.29, 0.717) is 34.1 Å². The second-order valence-corrected chi connectivity index (χ2v) is 11.4. The number of hydrogen-bond donors (Lipinski definition) is 2. The quantitative estimate of drug-likeness (QED) is 0.770. The molecule has 1 aliphatic rings. The third kappa shape index (κ3) is 4.24. The first-order valence-electron chi connectivity index (χ1n) is 7.48. The van der Waals surface area contributed by atoms with E-state index < -0.39 is 20.0 Å². The first-order valence-corrected chi connectivity index (χ1v) is 12.2. The summed E-state index contributed by atoms with van der Waals surface area (Å²) >= 11 is 2.37. The van der Waals surface area contributed by atoms with Crippen LogP contribution in [-0.4, -0.2) is 28.9 Å². The van der Waals surface area contributed by atoms with Gasteiger partial charge in [-0.1, -0.05) is 12.1 Å². The molecule has 132 valence electrons. The number of nitrogens with one attached hydrogen (secondary N) is 2. The minimum atomic E-state index is -3.47. The summed E-state index contributed by atoms with van der Waals surface area (Å²) in [5.41, 5.74) is 0. The fourth-order valence-corrected chi connectivity index (χ4v) is 7.35. The van der Waals surface area contributed by atoms with Crippen molar-refractivity contribution in [1.29, 1.82) is 0 Å². The fourth-order valence-electron chi connectivity index (χ4n) is 2.72. The molecule has 0 unspecified atom stereocenters. The average molecular weight is 407 g/mol. The second kappa shape index (κ2) is 7.22. The lowest BCUT2D eigenvalue weighted by molar-refractivity contribution is 0.356. The van der Waals surface area contributed by atoms with Crippen molar-refractivity contribution in [3.05, 3.63) is 35.0 Å². The maximum absolute atomic E-state index is 12.2. The lowest BCUT2D eigenvalue weighted by Gasteiger charge is -2.29. The van der Waals surface area contributed by atoms with E-state index in [2.05, 4.69) is 9.44 Å². The van der Waals surface area contributed by atoms with Crippen LogP contribution in [0.1, 0.15) is 25.7 Å². The summed E-state index contributed by atoms with van der Waals surface area (Å²) in [7, 11) is -6.95. The number of sulfonamides is 2. The van der Waals surface area contributed by atoms with Crippen molar-refractivity contribution in [3.8, 4) is 0 Å². The molecular formula is C14H18N2O4S4. The van der Waals surface area contributed by atoms with Crippen LogP contribution in [0, 0.1) is 0 Å². The van der Waals surface area contributed by atoms with Gasteiger partial charge in [0.2, 0.25) is 20.0 Å². The van der Waals surface area contributed by atoms with Gasteiger partial charge >= 0.3 is 0 Å². The molecule has 0 aliphatic heterocycles. The van der Waals surface area contributed by atoms with Gasteiger partial charge < -0.3 is 0 Å². The van der Waals surface area contributed by atoms with Gasteiger partial charge in [-0.2, -0.15) is 0 Å². The minimum Gasteiger partial charge on any atom is -0.207 e.